The van der Waals surface area contributed by atoms with Crippen molar-refractivity contribution in [2.24, 2.45) is 0 Å². The highest BCUT2D eigenvalue weighted by molar-refractivity contribution is 6.31. The van der Waals surface area contributed by atoms with Gasteiger partial charge in [-0.25, -0.2) is 0 Å². The molecule has 0 aromatic heterocycles. The first-order valence-electron chi connectivity index (χ1n) is 12.2. The Bertz CT molecular complexity index is 1130. The van der Waals surface area contributed by atoms with E-state index in [1.54, 1.807) is 18.1 Å². The summed E-state index contributed by atoms with van der Waals surface area (Å²) in [6.45, 7) is 1.87. The molecule has 0 spiro atoms. The Kier molecular flexibility index (Phi) is 8.18. The molecule has 2 aliphatic rings. The largest absolute Gasteiger partial charge is 0.358 e. The van der Waals surface area contributed by atoms with Gasteiger partial charge in [0.15, 0.2) is 0 Å². The van der Waals surface area contributed by atoms with E-state index in [1.807, 2.05) is 36.4 Å². The third-order valence-electron chi connectivity index (χ3n) is 6.82. The topological polar surface area (TPSA) is 46.2 Å². The molecule has 1 saturated carbocycles. The second kappa shape index (κ2) is 11.5. The third-order valence-corrected chi connectivity index (χ3v) is 7.16. The molecule has 0 saturated heterocycles. The zero-order chi connectivity index (χ0) is 23.9. The van der Waals surface area contributed by atoms with E-state index in [9.17, 15) is 9.59 Å². The summed E-state index contributed by atoms with van der Waals surface area (Å²) in [4.78, 5) is 22.7. The maximum Gasteiger partial charge on any atom is 0.207 e. The van der Waals surface area contributed by atoms with Gasteiger partial charge in [0.2, 0.25) is 6.41 Å². The minimum atomic E-state index is -0.355. The Morgan fingerprint density at radius 2 is 1.65 bits per heavy atom. The molecule has 0 heterocycles. The summed E-state index contributed by atoms with van der Waals surface area (Å²) in [5.74, 6) is 0.240. The predicted molar refractivity (Wildman–Crippen MR) is 139 cm³/mol. The van der Waals surface area contributed by atoms with Crippen molar-refractivity contribution in [3.63, 3.8) is 0 Å². The van der Waals surface area contributed by atoms with Gasteiger partial charge >= 0.3 is 0 Å². The number of carbonyl (C=O) groups is 2. The molecule has 2 aliphatic carbocycles. The highest BCUT2D eigenvalue weighted by atomic mass is 35.5. The summed E-state index contributed by atoms with van der Waals surface area (Å²) in [7, 11) is 0. The normalized spacial score (nSPS) is 15.4. The van der Waals surface area contributed by atoms with E-state index in [4.69, 9.17) is 11.6 Å². The molecule has 3 nitrogen and oxygen atoms in total. The van der Waals surface area contributed by atoms with Crippen LogP contribution >= 0.6 is 11.6 Å². The van der Waals surface area contributed by atoms with E-state index in [1.165, 1.54) is 44.1 Å². The van der Waals surface area contributed by atoms with Crippen molar-refractivity contribution in [2.45, 2.75) is 57.3 Å². The quantitative estimate of drug-likeness (QED) is 0.380. The summed E-state index contributed by atoms with van der Waals surface area (Å²) < 4.78 is 0. The van der Waals surface area contributed by atoms with Crippen LogP contribution in [0.15, 0.2) is 66.7 Å². The zero-order valence-corrected chi connectivity index (χ0v) is 20.5. The van der Waals surface area contributed by atoms with Gasteiger partial charge in [-0.15, -0.1) is 0 Å². The molecule has 1 unspecified atom stereocenters. The number of benzene rings is 3. The van der Waals surface area contributed by atoms with E-state index in [-0.39, 0.29) is 11.7 Å². The average molecular weight is 474 g/mol. The van der Waals surface area contributed by atoms with Crippen molar-refractivity contribution >= 4 is 23.8 Å². The Morgan fingerprint density at radius 3 is 2.26 bits per heavy atom. The van der Waals surface area contributed by atoms with E-state index in [2.05, 4.69) is 35.6 Å². The van der Waals surface area contributed by atoms with Gasteiger partial charge in [-0.3, -0.25) is 9.59 Å². The number of carbonyl (C=O) groups excluding carboxylic acids is 2. The van der Waals surface area contributed by atoms with Crippen molar-refractivity contribution in [3.05, 3.63) is 94.0 Å². The van der Waals surface area contributed by atoms with Crippen LogP contribution in [0.3, 0.4) is 0 Å². The Balaban J connectivity index is 0.000000226. The van der Waals surface area contributed by atoms with Crippen molar-refractivity contribution in [1.82, 2.24) is 5.32 Å². The van der Waals surface area contributed by atoms with Crippen molar-refractivity contribution in [2.75, 3.05) is 6.54 Å². The van der Waals surface area contributed by atoms with Crippen LogP contribution in [0.1, 0.15) is 66.7 Å². The van der Waals surface area contributed by atoms with E-state index < -0.39 is 0 Å². The van der Waals surface area contributed by atoms with Gasteiger partial charge < -0.3 is 5.32 Å². The second-order valence-corrected chi connectivity index (χ2v) is 9.67. The number of hydrogen-bond acceptors (Lipinski definition) is 2. The first-order chi connectivity index (χ1) is 16.6. The highest BCUT2D eigenvalue weighted by Gasteiger charge is 2.27. The first-order valence-corrected chi connectivity index (χ1v) is 12.6. The molecule has 0 radical (unpaired) electrons. The summed E-state index contributed by atoms with van der Waals surface area (Å²) in [5, 5.41) is 3.44. The fourth-order valence-electron chi connectivity index (χ4n) is 4.80. The lowest BCUT2D eigenvalue weighted by atomic mass is 9.87. The van der Waals surface area contributed by atoms with Gasteiger partial charge in [0.05, 0.1) is 5.92 Å². The molecule has 5 rings (SSSR count). The molecule has 4 heteroatoms. The lowest BCUT2D eigenvalue weighted by Crippen LogP contribution is -2.25. The smallest absolute Gasteiger partial charge is 0.207 e. The Labute approximate surface area is 207 Å². The third kappa shape index (κ3) is 5.95. The minimum Gasteiger partial charge on any atom is -0.358 e. The molecule has 1 atom stereocenters. The van der Waals surface area contributed by atoms with Gasteiger partial charge in [0.1, 0.15) is 5.78 Å². The SMILES string of the molecule is CC(=O)C(CNC=O)c1ccccc1-c1ccc(Cl)c(C2CC2)c1.c1ccc2c(c1)CCCC2. The number of fused-ring (bicyclic) bond motifs is 1. The molecule has 1 fully saturated rings. The summed E-state index contributed by atoms with van der Waals surface area (Å²) in [5.41, 5.74) is 7.36. The number of hydrogen-bond donors (Lipinski definition) is 1. The molecular weight excluding hydrogens is 442 g/mol. The maximum atomic E-state index is 12.1. The molecule has 0 aliphatic heterocycles. The molecular formula is C30H32ClNO2. The number of amides is 1. The van der Waals surface area contributed by atoms with Crippen LogP contribution < -0.4 is 5.32 Å². The van der Waals surface area contributed by atoms with Crippen LogP contribution in [0, 0.1) is 0 Å². The molecule has 3 aromatic rings. The second-order valence-electron chi connectivity index (χ2n) is 9.26. The number of Topliss-reactive ketones (excluding diaryl/α,β-unsaturated/α-hetero) is 1. The van der Waals surface area contributed by atoms with Gasteiger partial charge in [-0.05, 0) is 96.9 Å². The lowest BCUT2D eigenvalue weighted by Gasteiger charge is -2.18. The maximum absolute atomic E-state index is 12.1. The van der Waals surface area contributed by atoms with Crippen LogP contribution in [-0.2, 0) is 22.4 Å². The van der Waals surface area contributed by atoms with E-state index >= 15 is 0 Å². The van der Waals surface area contributed by atoms with Crippen LogP contribution in [0.4, 0.5) is 0 Å². The van der Waals surface area contributed by atoms with Gasteiger partial charge in [-0.2, -0.15) is 0 Å². The minimum absolute atomic E-state index is 0.0354. The van der Waals surface area contributed by atoms with Gasteiger partial charge in [0, 0.05) is 11.6 Å². The monoisotopic (exact) mass is 473 g/mol. The van der Waals surface area contributed by atoms with E-state index in [0.29, 0.717) is 18.9 Å². The number of nitrogens with one attached hydrogen (secondary N) is 1. The zero-order valence-electron chi connectivity index (χ0n) is 19.7. The van der Waals surface area contributed by atoms with Crippen LogP contribution in [0.2, 0.25) is 5.02 Å². The van der Waals surface area contributed by atoms with Crippen LogP contribution in [0.25, 0.3) is 11.1 Å². The fourth-order valence-corrected chi connectivity index (χ4v) is 5.07. The van der Waals surface area contributed by atoms with Crippen LogP contribution in [0.5, 0.6) is 0 Å². The fraction of sp³-hybridized carbons (Fsp3) is 0.333. The standard InChI is InChI=1S/C20H20ClNO2.C10H12/c1-13(24)19(11-22-12-23)17-5-3-2-4-16(17)15-8-9-20(21)18(10-15)14-6-7-14;1-2-6-10-8-4-3-7-9(10)5-1/h2-5,8-10,12,14,19H,6-7,11H2,1H3,(H,22,23);1-2,5-6H,3-4,7-8H2. The molecule has 0 bridgehead atoms. The molecule has 34 heavy (non-hydrogen) atoms. The van der Waals surface area contributed by atoms with Crippen LogP contribution in [-0.4, -0.2) is 18.7 Å². The lowest BCUT2D eigenvalue weighted by molar-refractivity contribution is -0.118. The average Bonchev–Trinajstić information content (AvgIpc) is 3.71. The molecule has 176 valence electrons. The van der Waals surface area contributed by atoms with Crippen molar-refractivity contribution in [3.8, 4) is 11.1 Å². The summed E-state index contributed by atoms with van der Waals surface area (Å²) in [6.07, 6.45) is 8.38. The first kappa shape index (κ1) is 24.2. The van der Waals surface area contributed by atoms with Gasteiger partial charge in [0.25, 0.3) is 0 Å². The highest BCUT2D eigenvalue weighted by Crippen LogP contribution is 2.45. The van der Waals surface area contributed by atoms with Gasteiger partial charge in [-0.1, -0.05) is 66.2 Å². The molecule has 1 N–H and O–H groups in total. The Hall–Kier alpha value is -2.91. The summed E-state index contributed by atoms with van der Waals surface area (Å²) in [6, 6.07) is 22.7. The van der Waals surface area contributed by atoms with Crippen molar-refractivity contribution < 1.29 is 9.59 Å². The van der Waals surface area contributed by atoms with Crippen molar-refractivity contribution in [1.29, 1.82) is 0 Å². The predicted octanol–water partition coefficient (Wildman–Crippen LogP) is 6.87. The number of aryl methyl sites for hydroxylation is 2. The van der Waals surface area contributed by atoms with E-state index in [0.717, 1.165) is 21.7 Å². The number of halogens is 1. The summed E-state index contributed by atoms with van der Waals surface area (Å²) >= 11 is 6.34. The Morgan fingerprint density at radius 1 is 1.00 bits per heavy atom. The number of rotatable bonds is 7. The molecule has 3 aromatic carbocycles. The molecule has 1 amide bonds. The number of ketones is 1.